The highest BCUT2D eigenvalue weighted by Crippen LogP contribution is 2.21. The van der Waals surface area contributed by atoms with Gasteiger partial charge in [0.2, 0.25) is 0 Å². The number of imidazole rings is 1. The molecule has 0 atom stereocenters. The monoisotopic (exact) mass is 543 g/mol. The third-order valence-electron chi connectivity index (χ3n) is 4.30. The summed E-state index contributed by atoms with van der Waals surface area (Å²) in [4.78, 5) is 10.3. The largest absolute Gasteiger partial charge is 0.493 e. The van der Waals surface area contributed by atoms with Crippen LogP contribution in [-0.4, -0.2) is 42.2 Å². The number of thiazole rings is 1. The molecular weight excluding hydrogens is 513 g/mol. The number of ether oxygens (including phenoxy) is 2. The average Bonchev–Trinajstić information content (AvgIpc) is 3.30. The molecule has 164 valence electrons. The molecule has 0 saturated carbocycles. The number of halogens is 1. The lowest BCUT2D eigenvalue weighted by molar-refractivity contribution is 0.172. The van der Waals surface area contributed by atoms with Crippen LogP contribution in [0.2, 0.25) is 0 Å². The van der Waals surface area contributed by atoms with Gasteiger partial charge in [0.15, 0.2) is 10.9 Å². The van der Waals surface area contributed by atoms with Crippen molar-refractivity contribution in [3.05, 3.63) is 52.8 Å². The number of guanidine groups is 1. The van der Waals surface area contributed by atoms with E-state index in [1.54, 1.807) is 18.4 Å². The van der Waals surface area contributed by atoms with E-state index in [9.17, 15) is 0 Å². The van der Waals surface area contributed by atoms with Crippen LogP contribution in [0.3, 0.4) is 0 Å². The lowest BCUT2D eigenvalue weighted by atomic mass is 10.1. The number of hydrogen-bond donors (Lipinski definition) is 2. The molecular formula is C21H30IN5O2S. The zero-order valence-corrected chi connectivity index (χ0v) is 20.8. The minimum absolute atomic E-state index is 0. The minimum Gasteiger partial charge on any atom is -0.493 e. The number of aliphatic imine (C=N–C) groups is 1. The van der Waals surface area contributed by atoms with E-state index in [0.717, 1.165) is 40.9 Å². The van der Waals surface area contributed by atoms with Gasteiger partial charge in [-0.25, -0.2) is 9.98 Å². The van der Waals surface area contributed by atoms with Crippen molar-refractivity contribution in [1.82, 2.24) is 20.0 Å². The van der Waals surface area contributed by atoms with Crippen LogP contribution < -0.4 is 15.4 Å². The van der Waals surface area contributed by atoms with Crippen molar-refractivity contribution in [2.45, 2.75) is 33.4 Å². The molecule has 0 saturated heterocycles. The molecule has 3 aromatic rings. The first-order valence-corrected chi connectivity index (χ1v) is 10.7. The fourth-order valence-electron chi connectivity index (χ4n) is 2.85. The molecule has 3 rings (SSSR count). The number of benzene rings is 1. The molecule has 0 radical (unpaired) electrons. The first-order chi connectivity index (χ1) is 14.2. The molecule has 9 heteroatoms. The Kier molecular flexibility index (Phi) is 10.4. The second-order valence-electron chi connectivity index (χ2n) is 6.68. The highest BCUT2D eigenvalue weighted by atomic mass is 127. The van der Waals surface area contributed by atoms with Gasteiger partial charge in [-0.05, 0) is 25.5 Å². The van der Waals surface area contributed by atoms with Crippen LogP contribution in [0.4, 0.5) is 0 Å². The molecule has 1 aromatic carbocycles. The molecule has 0 bridgehead atoms. The van der Waals surface area contributed by atoms with Gasteiger partial charge in [-0.2, -0.15) is 0 Å². The Morgan fingerprint density at radius 3 is 2.90 bits per heavy atom. The summed E-state index contributed by atoms with van der Waals surface area (Å²) >= 11 is 1.63. The zero-order valence-electron chi connectivity index (χ0n) is 17.7. The lowest BCUT2D eigenvalue weighted by Crippen LogP contribution is -2.36. The van der Waals surface area contributed by atoms with E-state index in [4.69, 9.17) is 14.5 Å². The summed E-state index contributed by atoms with van der Waals surface area (Å²) in [5.41, 5.74) is 3.22. The van der Waals surface area contributed by atoms with Gasteiger partial charge in [-0.1, -0.05) is 12.1 Å². The Morgan fingerprint density at radius 1 is 1.27 bits per heavy atom. The van der Waals surface area contributed by atoms with Crippen LogP contribution in [0.15, 0.2) is 41.0 Å². The Bertz CT molecular complexity index is 912. The summed E-state index contributed by atoms with van der Waals surface area (Å²) in [5.74, 6) is 1.64. The Hall–Kier alpha value is -1.85. The van der Waals surface area contributed by atoms with Crippen molar-refractivity contribution >= 4 is 46.2 Å². The SMILES string of the molecule is CCNC(=NCc1ccc(C)cc1OCCCOC)NCc1cn2ccsc2n1.I. The van der Waals surface area contributed by atoms with E-state index in [0.29, 0.717) is 26.3 Å². The number of rotatable bonds is 10. The molecule has 30 heavy (non-hydrogen) atoms. The number of nitrogens with one attached hydrogen (secondary N) is 2. The van der Waals surface area contributed by atoms with Gasteiger partial charge < -0.3 is 20.1 Å². The Morgan fingerprint density at radius 2 is 2.13 bits per heavy atom. The highest BCUT2D eigenvalue weighted by Gasteiger charge is 2.07. The second-order valence-corrected chi connectivity index (χ2v) is 7.55. The minimum atomic E-state index is 0. The molecule has 2 heterocycles. The summed E-state index contributed by atoms with van der Waals surface area (Å²) in [6.45, 7) is 7.39. The van der Waals surface area contributed by atoms with Gasteiger partial charge in [0.1, 0.15) is 5.75 Å². The van der Waals surface area contributed by atoms with E-state index in [1.165, 1.54) is 5.56 Å². The van der Waals surface area contributed by atoms with Crippen molar-refractivity contribution in [2.24, 2.45) is 4.99 Å². The van der Waals surface area contributed by atoms with Gasteiger partial charge in [0.05, 0.1) is 25.4 Å². The van der Waals surface area contributed by atoms with Crippen molar-refractivity contribution < 1.29 is 9.47 Å². The van der Waals surface area contributed by atoms with Crippen LogP contribution in [0.25, 0.3) is 4.96 Å². The zero-order chi connectivity index (χ0) is 20.5. The topological polar surface area (TPSA) is 72.2 Å². The maximum absolute atomic E-state index is 5.96. The van der Waals surface area contributed by atoms with E-state index < -0.39 is 0 Å². The Balaban J connectivity index is 0.00000320. The normalized spacial score (nSPS) is 11.4. The first kappa shape index (κ1) is 24.4. The van der Waals surface area contributed by atoms with Gasteiger partial charge in [-0.3, -0.25) is 4.40 Å². The van der Waals surface area contributed by atoms with Gasteiger partial charge in [0, 0.05) is 50.0 Å². The molecule has 0 fully saturated rings. The third kappa shape index (κ3) is 7.13. The number of aromatic nitrogens is 2. The Labute approximate surface area is 198 Å². The van der Waals surface area contributed by atoms with Crippen LogP contribution in [-0.2, 0) is 17.8 Å². The van der Waals surface area contributed by atoms with E-state index >= 15 is 0 Å². The molecule has 0 unspecified atom stereocenters. The molecule has 0 spiro atoms. The molecule has 7 nitrogen and oxygen atoms in total. The van der Waals surface area contributed by atoms with Crippen LogP contribution in [0.5, 0.6) is 5.75 Å². The smallest absolute Gasteiger partial charge is 0.193 e. The summed E-state index contributed by atoms with van der Waals surface area (Å²) in [6, 6.07) is 6.23. The number of fused-ring (bicyclic) bond motifs is 1. The van der Waals surface area contributed by atoms with Gasteiger partial charge in [-0.15, -0.1) is 35.3 Å². The van der Waals surface area contributed by atoms with Crippen molar-refractivity contribution in [3.8, 4) is 5.75 Å². The molecule has 0 amide bonds. The average molecular weight is 543 g/mol. The summed E-state index contributed by atoms with van der Waals surface area (Å²) in [6.07, 6.45) is 4.91. The van der Waals surface area contributed by atoms with Crippen LogP contribution >= 0.6 is 35.3 Å². The quantitative estimate of drug-likeness (QED) is 0.175. The fourth-order valence-corrected chi connectivity index (χ4v) is 3.57. The van der Waals surface area contributed by atoms with Gasteiger partial charge >= 0.3 is 0 Å². The second kappa shape index (κ2) is 12.8. The number of methoxy groups -OCH3 is 1. The van der Waals surface area contributed by atoms with Gasteiger partial charge in [0.25, 0.3) is 0 Å². The fraction of sp³-hybridized carbons (Fsp3) is 0.429. The van der Waals surface area contributed by atoms with Crippen LogP contribution in [0, 0.1) is 6.92 Å². The number of hydrogen-bond acceptors (Lipinski definition) is 5. The van der Waals surface area contributed by atoms with E-state index in [-0.39, 0.29) is 24.0 Å². The molecule has 0 aliphatic heterocycles. The van der Waals surface area contributed by atoms with Crippen molar-refractivity contribution in [2.75, 3.05) is 26.9 Å². The predicted molar refractivity (Wildman–Crippen MR) is 133 cm³/mol. The first-order valence-electron chi connectivity index (χ1n) is 9.84. The van der Waals surface area contributed by atoms with Crippen molar-refractivity contribution in [1.29, 1.82) is 0 Å². The molecule has 0 aliphatic carbocycles. The molecule has 0 aliphatic rings. The summed E-state index contributed by atoms with van der Waals surface area (Å²) < 4.78 is 13.1. The van der Waals surface area contributed by atoms with Crippen LogP contribution in [0.1, 0.15) is 30.2 Å². The third-order valence-corrected chi connectivity index (χ3v) is 5.08. The van der Waals surface area contributed by atoms with Crippen molar-refractivity contribution in [3.63, 3.8) is 0 Å². The molecule has 2 aromatic heterocycles. The maximum atomic E-state index is 5.96. The highest BCUT2D eigenvalue weighted by molar-refractivity contribution is 14.0. The standard InChI is InChI=1S/C21H29N5O2S.HI/c1-4-22-20(24-14-18-15-26-8-11-29-21(26)25-18)23-13-17-7-6-16(2)12-19(17)28-10-5-9-27-3;/h6-8,11-12,15H,4-5,9-10,13-14H2,1-3H3,(H2,22,23,24);1H. The lowest BCUT2D eigenvalue weighted by Gasteiger charge is -2.13. The molecule has 2 N–H and O–H groups in total. The van der Waals surface area contributed by atoms with E-state index in [2.05, 4.69) is 47.7 Å². The predicted octanol–water partition coefficient (Wildman–Crippen LogP) is 3.99. The summed E-state index contributed by atoms with van der Waals surface area (Å²) in [7, 11) is 1.70. The summed E-state index contributed by atoms with van der Waals surface area (Å²) in [5, 5.41) is 8.68. The number of aryl methyl sites for hydroxylation is 1. The van der Waals surface area contributed by atoms with E-state index in [1.807, 2.05) is 22.2 Å². The number of nitrogens with zero attached hydrogens (tertiary/aromatic N) is 3. The maximum Gasteiger partial charge on any atom is 0.193 e.